The van der Waals surface area contributed by atoms with Crippen molar-refractivity contribution < 1.29 is 80.2 Å². The van der Waals surface area contributed by atoms with Crippen LogP contribution < -0.4 is 0 Å². The second-order valence-corrected chi connectivity index (χ2v) is 28.1. The topological polar surface area (TPSA) is 237 Å². The van der Waals surface area contributed by atoms with Gasteiger partial charge in [-0.25, -0.2) is 9.13 Å². The molecule has 100 heavy (non-hydrogen) atoms. The number of allylic oxidation sites excluding steroid dienone is 22. The summed E-state index contributed by atoms with van der Waals surface area (Å²) in [7, 11) is -9.98. The number of aliphatic hydroxyl groups is 1. The largest absolute Gasteiger partial charge is 0.472 e. The molecule has 0 spiro atoms. The molecule has 0 saturated heterocycles. The van der Waals surface area contributed by atoms with Crippen LogP contribution in [0.1, 0.15) is 297 Å². The predicted octanol–water partition coefficient (Wildman–Crippen LogP) is 22.1. The molecule has 0 aliphatic carbocycles. The Bertz CT molecular complexity index is 2420. The summed E-state index contributed by atoms with van der Waals surface area (Å²) >= 11 is 0. The van der Waals surface area contributed by atoms with Gasteiger partial charge in [-0.15, -0.1) is 0 Å². The zero-order valence-electron chi connectivity index (χ0n) is 62.3. The van der Waals surface area contributed by atoms with Crippen LogP contribution in [0.25, 0.3) is 0 Å². The molecule has 572 valence electrons. The SMILES string of the molecule is CC/C=C\C/C=C\C/C=C\C/C=C\C/C=C\CCCCCC(=O)OCC(COP(=O)(O)OCC(O)COP(=O)(O)OCC(COC(=O)CCCC/C=C\C/C=C\C/C=C\C/C=C\CC)OC(=O)CCCCCCC/C=C\C/C=C\CCCCC)OC(=O)CCCCCCCCCCCCC. The Morgan fingerprint density at radius 1 is 0.290 bits per heavy atom. The van der Waals surface area contributed by atoms with Crippen molar-refractivity contribution in [1.82, 2.24) is 0 Å². The van der Waals surface area contributed by atoms with E-state index in [9.17, 15) is 43.2 Å². The molecule has 0 aromatic carbocycles. The van der Waals surface area contributed by atoms with Gasteiger partial charge in [0.25, 0.3) is 0 Å². The molecule has 0 fully saturated rings. The van der Waals surface area contributed by atoms with Gasteiger partial charge in [0.1, 0.15) is 19.3 Å². The Morgan fingerprint density at radius 3 is 0.850 bits per heavy atom. The number of ether oxygens (including phenoxy) is 4. The number of hydrogen-bond acceptors (Lipinski definition) is 15. The Hall–Kier alpha value is -4.80. The molecule has 0 amide bonds. The van der Waals surface area contributed by atoms with E-state index in [2.05, 4.69) is 161 Å². The first kappa shape index (κ1) is 95.2. The maximum absolute atomic E-state index is 13.1. The van der Waals surface area contributed by atoms with Crippen LogP contribution in [-0.2, 0) is 65.4 Å². The van der Waals surface area contributed by atoms with Gasteiger partial charge in [0, 0.05) is 25.7 Å². The van der Waals surface area contributed by atoms with Crippen molar-refractivity contribution in [3.63, 3.8) is 0 Å². The van der Waals surface area contributed by atoms with Crippen molar-refractivity contribution in [2.45, 2.75) is 316 Å². The van der Waals surface area contributed by atoms with E-state index in [1.54, 1.807) is 0 Å². The fraction of sp³-hybridized carbons (Fsp3) is 0.679. The number of aliphatic hydroxyl groups excluding tert-OH is 1. The first-order valence-electron chi connectivity index (χ1n) is 38.4. The highest BCUT2D eigenvalue weighted by Crippen LogP contribution is 2.45. The standard InChI is InChI=1S/C81H136O17P2/c1-5-9-13-17-21-25-29-32-35-36-37-38-41-43-47-50-54-58-62-66-79(84)91-71-76(97-80(85)67-63-59-55-51-45-28-24-20-16-12-8-4)73-95-99(87,88)93-69-75(82)70-94-100(89,90)96-74-77(98-81(86)68-64-60-56-52-48-44-40-34-31-27-23-19-15-11-7-3)72-92-78(83)65-61-57-53-49-46-42-39-33-30-26-22-18-14-10-6-2/h9-10,13-14,21-23,25-27,32-35,37-40,43,46-47,49,75-77,82H,5-8,11-12,15-20,24,28-31,36,41-42,44-45,48,50-74H2,1-4H3,(H,87,88)(H,89,90)/b13-9-,14-10-,25-21-,26-22-,27-23-,35-32-,38-37-,39-33-,40-34-,47-43-,49-46-. The summed E-state index contributed by atoms with van der Waals surface area (Å²) in [6, 6.07) is 0. The van der Waals surface area contributed by atoms with E-state index in [1.807, 2.05) is 0 Å². The molecule has 17 nitrogen and oxygen atoms in total. The van der Waals surface area contributed by atoms with Crippen LogP contribution in [0.5, 0.6) is 0 Å². The van der Waals surface area contributed by atoms with Crippen LogP contribution in [-0.4, -0.2) is 96.7 Å². The highest BCUT2D eigenvalue weighted by molar-refractivity contribution is 7.47. The number of rotatable bonds is 71. The van der Waals surface area contributed by atoms with Crippen LogP contribution in [0.2, 0.25) is 0 Å². The lowest BCUT2D eigenvalue weighted by Crippen LogP contribution is -2.30. The van der Waals surface area contributed by atoms with E-state index in [-0.39, 0.29) is 25.7 Å². The number of esters is 4. The Balaban J connectivity index is 5.39. The fourth-order valence-electron chi connectivity index (χ4n) is 9.80. The molecule has 0 bridgehead atoms. The van der Waals surface area contributed by atoms with Crippen LogP contribution in [0.15, 0.2) is 134 Å². The Morgan fingerprint density at radius 2 is 0.520 bits per heavy atom. The number of unbranched alkanes of at least 4 members (excludes halogenated alkanes) is 23. The van der Waals surface area contributed by atoms with Gasteiger partial charge in [0.05, 0.1) is 26.4 Å². The third-order valence-electron chi connectivity index (χ3n) is 15.6. The third kappa shape index (κ3) is 71.6. The molecule has 0 aliphatic rings. The molecule has 0 aromatic rings. The van der Waals surface area contributed by atoms with Gasteiger partial charge in [0.15, 0.2) is 12.2 Å². The van der Waals surface area contributed by atoms with Crippen molar-refractivity contribution in [2.24, 2.45) is 0 Å². The molecule has 0 radical (unpaired) electrons. The van der Waals surface area contributed by atoms with E-state index in [0.29, 0.717) is 25.7 Å². The second-order valence-electron chi connectivity index (χ2n) is 25.2. The minimum absolute atomic E-state index is 0.0667. The number of hydrogen-bond donors (Lipinski definition) is 3. The molecule has 0 heterocycles. The predicted molar refractivity (Wildman–Crippen MR) is 408 cm³/mol. The lowest BCUT2D eigenvalue weighted by Gasteiger charge is -2.21. The molecular formula is C81H136O17P2. The minimum atomic E-state index is -4.99. The Kier molecular flexibility index (Phi) is 69.1. The Labute approximate surface area is 605 Å². The van der Waals surface area contributed by atoms with Gasteiger partial charge < -0.3 is 33.8 Å². The van der Waals surface area contributed by atoms with E-state index in [0.717, 1.165) is 161 Å². The average molecular weight is 1440 g/mol. The number of carbonyl (C=O) groups excluding carboxylic acids is 4. The van der Waals surface area contributed by atoms with Gasteiger partial charge in [0.2, 0.25) is 0 Å². The van der Waals surface area contributed by atoms with Crippen LogP contribution in [0, 0.1) is 0 Å². The number of phosphoric acid groups is 2. The lowest BCUT2D eigenvalue weighted by atomic mass is 10.1. The molecule has 5 atom stereocenters. The lowest BCUT2D eigenvalue weighted by molar-refractivity contribution is -0.161. The quantitative estimate of drug-likeness (QED) is 0.0169. The van der Waals surface area contributed by atoms with Crippen LogP contribution in [0.3, 0.4) is 0 Å². The summed E-state index contributed by atoms with van der Waals surface area (Å²) in [4.78, 5) is 72.8. The zero-order valence-corrected chi connectivity index (χ0v) is 64.1. The van der Waals surface area contributed by atoms with E-state index < -0.39 is 97.5 Å². The van der Waals surface area contributed by atoms with Gasteiger partial charge in [-0.1, -0.05) is 264 Å². The van der Waals surface area contributed by atoms with Gasteiger partial charge in [-0.3, -0.25) is 37.3 Å². The summed E-state index contributed by atoms with van der Waals surface area (Å²) in [5.41, 5.74) is 0. The monoisotopic (exact) mass is 1440 g/mol. The van der Waals surface area contributed by atoms with Crippen molar-refractivity contribution in [2.75, 3.05) is 39.6 Å². The summed E-state index contributed by atoms with van der Waals surface area (Å²) in [5.74, 6) is -2.27. The second kappa shape index (κ2) is 72.5. The normalized spacial score (nSPS) is 14.7. The summed E-state index contributed by atoms with van der Waals surface area (Å²) < 4.78 is 68.4. The van der Waals surface area contributed by atoms with Gasteiger partial charge in [-0.05, 0) is 141 Å². The van der Waals surface area contributed by atoms with Crippen molar-refractivity contribution in [3.05, 3.63) is 134 Å². The van der Waals surface area contributed by atoms with E-state index >= 15 is 0 Å². The zero-order chi connectivity index (χ0) is 73.2. The molecule has 5 unspecified atom stereocenters. The molecule has 0 aromatic heterocycles. The number of phosphoric ester groups is 2. The molecule has 19 heteroatoms. The molecular weight excluding hydrogens is 1310 g/mol. The average Bonchev–Trinajstić information content (AvgIpc) is 0.953. The first-order valence-corrected chi connectivity index (χ1v) is 41.4. The van der Waals surface area contributed by atoms with Gasteiger partial charge in [-0.2, -0.15) is 0 Å². The molecule has 3 N–H and O–H groups in total. The van der Waals surface area contributed by atoms with Gasteiger partial charge >= 0.3 is 39.5 Å². The summed E-state index contributed by atoms with van der Waals surface area (Å²) in [6.07, 6.45) is 80.2. The third-order valence-corrected chi connectivity index (χ3v) is 17.5. The fourth-order valence-corrected chi connectivity index (χ4v) is 11.4. The first-order chi connectivity index (χ1) is 48.7. The highest BCUT2D eigenvalue weighted by Gasteiger charge is 2.30. The molecule has 0 rings (SSSR count). The van der Waals surface area contributed by atoms with Crippen molar-refractivity contribution in [1.29, 1.82) is 0 Å². The molecule has 0 aliphatic heterocycles. The van der Waals surface area contributed by atoms with Crippen molar-refractivity contribution >= 4 is 39.5 Å². The maximum atomic E-state index is 13.1. The molecule has 0 saturated carbocycles. The highest BCUT2D eigenvalue weighted by atomic mass is 31.2. The van der Waals surface area contributed by atoms with Crippen LogP contribution in [0.4, 0.5) is 0 Å². The van der Waals surface area contributed by atoms with Crippen LogP contribution >= 0.6 is 15.6 Å². The van der Waals surface area contributed by atoms with Crippen molar-refractivity contribution in [3.8, 4) is 0 Å². The van der Waals surface area contributed by atoms with E-state index in [1.165, 1.54) is 57.8 Å². The maximum Gasteiger partial charge on any atom is 0.472 e. The summed E-state index contributed by atoms with van der Waals surface area (Å²) in [5, 5.41) is 10.6. The minimum Gasteiger partial charge on any atom is -0.462 e. The smallest absolute Gasteiger partial charge is 0.462 e. The summed E-state index contributed by atoms with van der Waals surface area (Å²) in [6.45, 7) is 4.51. The number of carbonyl (C=O) groups is 4. The van der Waals surface area contributed by atoms with E-state index in [4.69, 9.17) is 37.0 Å².